The SMILES string of the molecule is CCn1cc(CN2CCNC(=O)C2c2ccccc2C)cn1. The average molecular weight is 298 g/mol. The summed E-state index contributed by atoms with van der Waals surface area (Å²) in [6.07, 6.45) is 3.95. The molecule has 0 aliphatic carbocycles. The van der Waals surface area contributed by atoms with Crippen molar-refractivity contribution in [3.05, 3.63) is 53.3 Å². The molecule has 2 aromatic rings. The predicted molar refractivity (Wildman–Crippen MR) is 85.2 cm³/mol. The second kappa shape index (κ2) is 6.32. The Morgan fingerprint density at radius 1 is 1.36 bits per heavy atom. The standard InChI is InChI=1S/C17H22N4O/c1-3-21-12-14(10-19-21)11-20-9-8-18-17(22)16(20)15-7-5-4-6-13(15)2/h4-7,10,12,16H,3,8-9,11H2,1-2H3,(H,18,22). The maximum atomic E-state index is 12.4. The Balaban J connectivity index is 1.87. The summed E-state index contributed by atoms with van der Waals surface area (Å²) in [4.78, 5) is 14.7. The number of aryl methyl sites for hydroxylation is 2. The fraction of sp³-hybridized carbons (Fsp3) is 0.412. The van der Waals surface area contributed by atoms with Gasteiger partial charge in [0.05, 0.1) is 6.20 Å². The summed E-state index contributed by atoms with van der Waals surface area (Å²) in [6.45, 7) is 7.28. The van der Waals surface area contributed by atoms with E-state index in [1.54, 1.807) is 0 Å². The first kappa shape index (κ1) is 14.8. The summed E-state index contributed by atoms with van der Waals surface area (Å²) in [5, 5.41) is 7.31. The van der Waals surface area contributed by atoms with Gasteiger partial charge in [-0.3, -0.25) is 14.4 Å². The van der Waals surface area contributed by atoms with Crippen LogP contribution in [0.2, 0.25) is 0 Å². The van der Waals surface area contributed by atoms with Crippen LogP contribution in [0, 0.1) is 6.92 Å². The van der Waals surface area contributed by atoms with E-state index in [1.807, 2.05) is 29.1 Å². The molecule has 1 atom stereocenters. The van der Waals surface area contributed by atoms with Crippen LogP contribution in [0.15, 0.2) is 36.7 Å². The number of hydrogen-bond acceptors (Lipinski definition) is 3. The molecule has 116 valence electrons. The van der Waals surface area contributed by atoms with Gasteiger partial charge < -0.3 is 5.32 Å². The lowest BCUT2D eigenvalue weighted by Crippen LogP contribution is -2.49. The monoisotopic (exact) mass is 298 g/mol. The van der Waals surface area contributed by atoms with Gasteiger partial charge in [-0.05, 0) is 25.0 Å². The number of hydrogen-bond donors (Lipinski definition) is 1. The van der Waals surface area contributed by atoms with Crippen LogP contribution in [-0.4, -0.2) is 33.7 Å². The van der Waals surface area contributed by atoms with Crippen molar-refractivity contribution in [3.8, 4) is 0 Å². The van der Waals surface area contributed by atoms with Crippen LogP contribution in [0.3, 0.4) is 0 Å². The summed E-state index contributed by atoms with van der Waals surface area (Å²) in [5.41, 5.74) is 3.39. The van der Waals surface area contributed by atoms with Crippen LogP contribution in [0.4, 0.5) is 0 Å². The molecular formula is C17H22N4O. The molecule has 1 aromatic carbocycles. The van der Waals surface area contributed by atoms with Crippen molar-refractivity contribution in [2.24, 2.45) is 0 Å². The summed E-state index contributed by atoms with van der Waals surface area (Å²) in [5.74, 6) is 0.0865. The van der Waals surface area contributed by atoms with Crippen molar-refractivity contribution < 1.29 is 4.79 Å². The Hall–Kier alpha value is -2.14. The Labute approximate surface area is 130 Å². The third-order valence-electron chi connectivity index (χ3n) is 4.19. The van der Waals surface area contributed by atoms with Gasteiger partial charge in [-0.2, -0.15) is 5.10 Å². The molecule has 1 saturated heterocycles. The largest absolute Gasteiger partial charge is 0.353 e. The first-order valence-electron chi connectivity index (χ1n) is 7.77. The van der Waals surface area contributed by atoms with Gasteiger partial charge in [0.25, 0.3) is 0 Å². The molecule has 0 saturated carbocycles. The van der Waals surface area contributed by atoms with E-state index in [2.05, 4.69) is 41.4 Å². The molecule has 3 rings (SSSR count). The number of carbonyl (C=O) groups is 1. The van der Waals surface area contributed by atoms with Gasteiger partial charge in [-0.15, -0.1) is 0 Å². The Kier molecular flexibility index (Phi) is 4.24. The minimum atomic E-state index is -0.222. The van der Waals surface area contributed by atoms with Gasteiger partial charge in [0.15, 0.2) is 0 Å². The Morgan fingerprint density at radius 2 is 2.18 bits per heavy atom. The van der Waals surface area contributed by atoms with Crippen molar-refractivity contribution in [2.45, 2.75) is 33.0 Å². The zero-order valence-electron chi connectivity index (χ0n) is 13.1. The van der Waals surface area contributed by atoms with Gasteiger partial charge in [0.2, 0.25) is 5.91 Å². The molecule has 1 aliphatic rings. The molecule has 5 nitrogen and oxygen atoms in total. The highest BCUT2D eigenvalue weighted by molar-refractivity contribution is 5.84. The Bertz CT molecular complexity index is 664. The summed E-state index contributed by atoms with van der Waals surface area (Å²) < 4.78 is 1.92. The highest BCUT2D eigenvalue weighted by Gasteiger charge is 2.32. The molecule has 0 bridgehead atoms. The summed E-state index contributed by atoms with van der Waals surface area (Å²) >= 11 is 0. The molecule has 1 unspecified atom stereocenters. The number of aromatic nitrogens is 2. The molecule has 2 heterocycles. The maximum Gasteiger partial charge on any atom is 0.242 e. The third-order valence-corrected chi connectivity index (χ3v) is 4.19. The van der Waals surface area contributed by atoms with Gasteiger partial charge in [0.1, 0.15) is 6.04 Å². The van der Waals surface area contributed by atoms with E-state index < -0.39 is 0 Å². The lowest BCUT2D eigenvalue weighted by atomic mass is 9.97. The number of benzene rings is 1. The highest BCUT2D eigenvalue weighted by atomic mass is 16.2. The minimum Gasteiger partial charge on any atom is -0.353 e. The van der Waals surface area contributed by atoms with Gasteiger partial charge >= 0.3 is 0 Å². The van der Waals surface area contributed by atoms with Crippen LogP contribution in [0.25, 0.3) is 0 Å². The molecule has 1 N–H and O–H groups in total. The first-order chi connectivity index (χ1) is 10.7. The highest BCUT2D eigenvalue weighted by Crippen LogP contribution is 2.27. The van der Waals surface area contributed by atoms with Gasteiger partial charge in [-0.25, -0.2) is 0 Å². The van der Waals surface area contributed by atoms with Gasteiger partial charge in [0, 0.05) is 37.9 Å². The van der Waals surface area contributed by atoms with Crippen LogP contribution in [0.5, 0.6) is 0 Å². The number of rotatable bonds is 4. The number of nitrogens with zero attached hydrogens (tertiary/aromatic N) is 3. The van der Waals surface area contributed by atoms with Crippen LogP contribution in [-0.2, 0) is 17.9 Å². The molecule has 0 spiro atoms. The van der Waals surface area contributed by atoms with Crippen LogP contribution >= 0.6 is 0 Å². The first-order valence-corrected chi connectivity index (χ1v) is 7.77. The van der Waals surface area contributed by atoms with Crippen molar-refractivity contribution in [1.82, 2.24) is 20.0 Å². The smallest absolute Gasteiger partial charge is 0.242 e. The number of amides is 1. The molecule has 0 radical (unpaired) electrons. The molecule has 5 heteroatoms. The second-order valence-electron chi connectivity index (χ2n) is 5.72. The number of nitrogens with one attached hydrogen (secondary N) is 1. The molecular weight excluding hydrogens is 276 g/mol. The summed E-state index contributed by atoms with van der Waals surface area (Å²) in [6, 6.07) is 7.89. The summed E-state index contributed by atoms with van der Waals surface area (Å²) in [7, 11) is 0. The normalized spacial score (nSPS) is 19.2. The van der Waals surface area contributed by atoms with Crippen molar-refractivity contribution in [2.75, 3.05) is 13.1 Å². The lowest BCUT2D eigenvalue weighted by Gasteiger charge is -2.35. The molecule has 22 heavy (non-hydrogen) atoms. The maximum absolute atomic E-state index is 12.4. The topological polar surface area (TPSA) is 50.2 Å². The van der Waals surface area contributed by atoms with Crippen molar-refractivity contribution in [1.29, 1.82) is 0 Å². The molecule has 1 amide bonds. The minimum absolute atomic E-state index is 0.0865. The van der Waals surface area contributed by atoms with E-state index in [1.165, 1.54) is 0 Å². The predicted octanol–water partition coefficient (Wildman–Crippen LogP) is 1.88. The van der Waals surface area contributed by atoms with Crippen molar-refractivity contribution >= 4 is 5.91 Å². The third kappa shape index (κ3) is 2.90. The van der Waals surface area contributed by atoms with E-state index >= 15 is 0 Å². The second-order valence-corrected chi connectivity index (χ2v) is 5.72. The van der Waals surface area contributed by atoms with E-state index in [9.17, 15) is 4.79 Å². The lowest BCUT2D eigenvalue weighted by molar-refractivity contribution is -0.129. The van der Waals surface area contributed by atoms with Crippen molar-refractivity contribution in [3.63, 3.8) is 0 Å². The average Bonchev–Trinajstić information content (AvgIpc) is 2.96. The fourth-order valence-electron chi connectivity index (χ4n) is 3.01. The molecule has 1 fully saturated rings. The Morgan fingerprint density at radius 3 is 2.91 bits per heavy atom. The molecule has 1 aromatic heterocycles. The number of piperazine rings is 1. The van der Waals surface area contributed by atoms with Crippen LogP contribution < -0.4 is 5.32 Å². The van der Waals surface area contributed by atoms with E-state index in [0.717, 1.165) is 36.3 Å². The van der Waals surface area contributed by atoms with E-state index in [0.29, 0.717) is 6.54 Å². The fourth-order valence-corrected chi connectivity index (χ4v) is 3.01. The zero-order valence-corrected chi connectivity index (χ0v) is 13.1. The van der Waals surface area contributed by atoms with Gasteiger partial charge in [-0.1, -0.05) is 24.3 Å². The van der Waals surface area contributed by atoms with E-state index in [-0.39, 0.29) is 11.9 Å². The number of carbonyl (C=O) groups excluding carboxylic acids is 1. The molecule has 1 aliphatic heterocycles. The quantitative estimate of drug-likeness (QED) is 0.937. The zero-order chi connectivity index (χ0) is 15.5. The van der Waals surface area contributed by atoms with E-state index in [4.69, 9.17) is 0 Å². The van der Waals surface area contributed by atoms with Crippen LogP contribution in [0.1, 0.15) is 29.7 Å².